The predicted molar refractivity (Wildman–Crippen MR) is 151 cm³/mol. The van der Waals surface area contributed by atoms with Gasteiger partial charge in [0.1, 0.15) is 0 Å². The second-order valence-electron chi connectivity index (χ2n) is 10.7. The van der Waals surface area contributed by atoms with Gasteiger partial charge in [0.2, 0.25) is 0 Å². The topological polar surface area (TPSA) is 93.2 Å². The fourth-order valence-electron chi connectivity index (χ4n) is 5.65. The molecule has 0 aliphatic carbocycles. The number of nitrogens with zero attached hydrogens (tertiary/aromatic N) is 2. The fourth-order valence-corrected chi connectivity index (χ4v) is 5.65. The Morgan fingerprint density at radius 2 is 1.82 bits per heavy atom. The lowest BCUT2D eigenvalue weighted by Gasteiger charge is -2.43. The number of amides is 1. The molecule has 2 N–H and O–H groups in total. The largest absolute Gasteiger partial charge is 0.392 e. The smallest absolute Gasteiger partial charge is 0.253 e. The Balaban J connectivity index is 1.31. The molecular weight excluding hydrogens is 506 g/mol. The van der Waals surface area contributed by atoms with Crippen LogP contribution in [0.25, 0.3) is 0 Å². The summed E-state index contributed by atoms with van der Waals surface area (Å²) in [4.78, 5) is 18.9. The summed E-state index contributed by atoms with van der Waals surface area (Å²) >= 11 is 0. The molecule has 3 aromatic rings. The third-order valence-corrected chi connectivity index (χ3v) is 8.02. The molecule has 5 rings (SSSR count). The molecule has 8 nitrogen and oxygen atoms in total. The third kappa shape index (κ3) is 6.77. The van der Waals surface area contributed by atoms with Crippen LogP contribution in [0, 0.1) is 5.92 Å². The van der Waals surface area contributed by atoms with Crippen molar-refractivity contribution in [1.29, 1.82) is 0 Å². The predicted octanol–water partition coefficient (Wildman–Crippen LogP) is 4.41. The maximum absolute atomic E-state index is 12.4. The van der Waals surface area contributed by atoms with Gasteiger partial charge in [-0.15, -0.1) is 0 Å². The van der Waals surface area contributed by atoms with E-state index in [1.807, 2.05) is 48.5 Å². The lowest BCUT2D eigenvalue weighted by atomic mass is 9.90. The van der Waals surface area contributed by atoms with E-state index in [9.17, 15) is 9.90 Å². The molecule has 0 bridgehead atoms. The van der Waals surface area contributed by atoms with Crippen LogP contribution in [0.5, 0.6) is 0 Å². The Morgan fingerprint density at radius 1 is 1.07 bits per heavy atom. The number of aromatic nitrogens is 1. The highest BCUT2D eigenvalue weighted by atomic mass is 16.7. The number of pyridine rings is 1. The molecule has 2 saturated heterocycles. The zero-order valence-corrected chi connectivity index (χ0v) is 23.2. The summed E-state index contributed by atoms with van der Waals surface area (Å²) < 4.78 is 18.7. The van der Waals surface area contributed by atoms with E-state index >= 15 is 0 Å². The highest BCUT2D eigenvalue weighted by molar-refractivity contribution is 5.93. The van der Waals surface area contributed by atoms with Crippen LogP contribution in [0.3, 0.4) is 0 Å². The first-order valence-electron chi connectivity index (χ1n) is 14.1. The molecule has 5 atom stereocenters. The van der Waals surface area contributed by atoms with Crippen molar-refractivity contribution in [3.63, 3.8) is 0 Å². The Bertz CT molecular complexity index is 1220. The molecule has 2 aromatic carbocycles. The summed E-state index contributed by atoms with van der Waals surface area (Å²) in [6, 6.07) is 19.9. The minimum Gasteiger partial charge on any atom is -0.392 e. The van der Waals surface area contributed by atoms with Gasteiger partial charge in [-0.2, -0.15) is 0 Å². The van der Waals surface area contributed by atoms with Gasteiger partial charge in [-0.1, -0.05) is 55.5 Å². The fraction of sp³-hybridized carbons (Fsp3) is 0.438. The van der Waals surface area contributed by atoms with Gasteiger partial charge < -0.3 is 24.6 Å². The summed E-state index contributed by atoms with van der Waals surface area (Å²) in [5.74, 6) is -0.0290. The van der Waals surface area contributed by atoms with E-state index in [-0.39, 0.29) is 30.6 Å². The highest BCUT2D eigenvalue weighted by Gasteiger charge is 2.40. The number of aliphatic hydroxyl groups excluding tert-OH is 1. The summed E-state index contributed by atoms with van der Waals surface area (Å²) in [5.41, 5.74) is 4.41. The van der Waals surface area contributed by atoms with Crippen molar-refractivity contribution in [2.24, 2.45) is 5.92 Å². The van der Waals surface area contributed by atoms with Crippen molar-refractivity contribution in [3.05, 3.63) is 101 Å². The van der Waals surface area contributed by atoms with E-state index in [1.165, 1.54) is 6.42 Å². The molecule has 5 unspecified atom stereocenters. The molecular formula is C32H39N3O5. The third-order valence-electron chi connectivity index (χ3n) is 8.02. The first-order chi connectivity index (χ1) is 19.6. The Labute approximate surface area is 236 Å². The van der Waals surface area contributed by atoms with Crippen LogP contribution < -0.4 is 5.32 Å². The maximum atomic E-state index is 12.4. The number of hydrogen-bond donors (Lipinski definition) is 2. The molecule has 2 aliphatic heterocycles. The summed E-state index contributed by atoms with van der Waals surface area (Å²) in [6.07, 6.45) is 4.80. The van der Waals surface area contributed by atoms with E-state index in [0.29, 0.717) is 18.2 Å². The van der Waals surface area contributed by atoms with Crippen molar-refractivity contribution in [3.8, 4) is 0 Å². The Hall–Kier alpha value is -3.14. The van der Waals surface area contributed by atoms with Gasteiger partial charge in [0.15, 0.2) is 6.29 Å². The lowest BCUT2D eigenvalue weighted by molar-refractivity contribution is -0.276. The van der Waals surface area contributed by atoms with Gasteiger partial charge in [0, 0.05) is 50.1 Å². The van der Waals surface area contributed by atoms with Crippen LogP contribution in [-0.4, -0.2) is 59.8 Å². The van der Waals surface area contributed by atoms with Crippen molar-refractivity contribution in [1.82, 2.24) is 15.2 Å². The SMILES string of the molecule is COCC1CCCN1CC1OC(c2ccc(CNC(=O)c3cccnc3)cc2)OC(c2ccc(CO)cc2)C1C. The summed E-state index contributed by atoms with van der Waals surface area (Å²) in [5, 5.41) is 12.5. The van der Waals surface area contributed by atoms with Crippen LogP contribution in [0.4, 0.5) is 0 Å². The van der Waals surface area contributed by atoms with E-state index < -0.39 is 6.29 Å². The van der Waals surface area contributed by atoms with E-state index in [0.717, 1.165) is 48.4 Å². The van der Waals surface area contributed by atoms with Crippen molar-refractivity contribution in [2.75, 3.05) is 26.8 Å². The zero-order valence-electron chi connectivity index (χ0n) is 23.2. The second kappa shape index (κ2) is 13.5. The van der Waals surface area contributed by atoms with Gasteiger partial charge in [-0.05, 0) is 48.2 Å². The maximum Gasteiger partial charge on any atom is 0.253 e. The number of likely N-dealkylation sites (tertiary alicyclic amines) is 1. The number of methoxy groups -OCH3 is 1. The van der Waals surface area contributed by atoms with Gasteiger partial charge >= 0.3 is 0 Å². The molecule has 40 heavy (non-hydrogen) atoms. The second-order valence-corrected chi connectivity index (χ2v) is 10.7. The number of rotatable bonds is 10. The molecule has 0 saturated carbocycles. The van der Waals surface area contributed by atoms with Crippen molar-refractivity contribution >= 4 is 5.91 Å². The van der Waals surface area contributed by atoms with Gasteiger partial charge in [0.25, 0.3) is 5.91 Å². The van der Waals surface area contributed by atoms with Gasteiger partial charge in [0.05, 0.1) is 31.0 Å². The minimum absolute atomic E-state index is 0.0145. The molecule has 0 spiro atoms. The number of benzene rings is 2. The van der Waals surface area contributed by atoms with Crippen molar-refractivity contribution < 1.29 is 24.1 Å². The minimum atomic E-state index is -0.522. The molecule has 0 radical (unpaired) electrons. The van der Waals surface area contributed by atoms with Crippen LogP contribution in [0.2, 0.25) is 0 Å². The quantitative estimate of drug-likeness (QED) is 0.390. The van der Waals surface area contributed by atoms with Crippen LogP contribution in [-0.2, 0) is 27.4 Å². The van der Waals surface area contributed by atoms with Crippen LogP contribution in [0.1, 0.15) is 64.8 Å². The number of aliphatic hydroxyl groups is 1. The molecule has 3 heterocycles. The van der Waals surface area contributed by atoms with Crippen molar-refractivity contribution in [2.45, 2.75) is 57.5 Å². The number of carbonyl (C=O) groups excluding carboxylic acids is 1. The normalized spacial score (nSPS) is 25.1. The number of carbonyl (C=O) groups is 1. The lowest BCUT2D eigenvalue weighted by Crippen LogP contribution is -2.46. The summed E-state index contributed by atoms with van der Waals surface area (Å²) in [6.45, 7) is 5.21. The molecule has 2 fully saturated rings. The number of ether oxygens (including phenoxy) is 3. The molecule has 8 heteroatoms. The van der Waals surface area contributed by atoms with Gasteiger partial charge in [-0.3, -0.25) is 14.7 Å². The Morgan fingerprint density at radius 3 is 2.52 bits per heavy atom. The van der Waals surface area contributed by atoms with Crippen LogP contribution in [0.15, 0.2) is 73.1 Å². The Kier molecular flexibility index (Phi) is 9.57. The molecule has 212 valence electrons. The first kappa shape index (κ1) is 28.4. The zero-order chi connectivity index (χ0) is 27.9. The van der Waals surface area contributed by atoms with E-state index in [4.69, 9.17) is 14.2 Å². The van der Waals surface area contributed by atoms with Gasteiger partial charge in [-0.25, -0.2) is 0 Å². The standard InChI is InChI=1S/C32H39N3O5/c1-22-29(19-35-16-4-6-28(35)21-38-2)39-32(40-30(22)25-11-9-24(20-36)10-12-25)26-13-7-23(8-14-26)17-34-31(37)27-5-3-15-33-18-27/h3,5,7-15,18,22,28-30,32,36H,4,6,16-17,19-21H2,1-2H3,(H,34,37). The van der Waals surface area contributed by atoms with E-state index in [1.54, 1.807) is 31.6 Å². The monoisotopic (exact) mass is 545 g/mol. The summed E-state index contributed by atoms with van der Waals surface area (Å²) in [7, 11) is 1.76. The molecule has 2 aliphatic rings. The average molecular weight is 546 g/mol. The number of hydrogen-bond acceptors (Lipinski definition) is 7. The first-order valence-corrected chi connectivity index (χ1v) is 14.1. The molecule has 1 amide bonds. The number of nitrogens with one attached hydrogen (secondary N) is 1. The van der Waals surface area contributed by atoms with Crippen LogP contribution >= 0.6 is 0 Å². The van der Waals surface area contributed by atoms with E-state index in [2.05, 4.69) is 22.1 Å². The average Bonchev–Trinajstić information content (AvgIpc) is 3.44. The highest BCUT2D eigenvalue weighted by Crippen LogP contribution is 2.42. The molecule has 1 aromatic heterocycles.